The minimum Gasteiger partial charge on any atom is -0.504 e. The Morgan fingerprint density at radius 1 is 1.33 bits per heavy atom. The van der Waals surface area contributed by atoms with E-state index in [9.17, 15) is 23.8 Å². The number of carbonyl (C=O) groups is 1. The SMILES string of the molecule is O=C1NC(=NCC(O)CO)N/C1=C\c1ccc(OC(F)F)c(O)c1. The monoisotopic (exact) mass is 343 g/mol. The second kappa shape index (κ2) is 7.70. The summed E-state index contributed by atoms with van der Waals surface area (Å²) in [5.41, 5.74) is 0.470. The Morgan fingerprint density at radius 2 is 2.08 bits per heavy atom. The molecule has 1 heterocycles. The van der Waals surface area contributed by atoms with Gasteiger partial charge in [-0.25, -0.2) is 4.99 Å². The van der Waals surface area contributed by atoms with E-state index in [1.165, 1.54) is 12.1 Å². The summed E-state index contributed by atoms with van der Waals surface area (Å²) in [6.45, 7) is -3.62. The van der Waals surface area contributed by atoms with Gasteiger partial charge in [-0.1, -0.05) is 6.07 Å². The Kier molecular flexibility index (Phi) is 5.66. The first-order chi connectivity index (χ1) is 11.4. The summed E-state index contributed by atoms with van der Waals surface area (Å²) in [5.74, 6) is -1.28. The van der Waals surface area contributed by atoms with Crippen LogP contribution in [0.5, 0.6) is 11.5 Å². The number of aromatic hydroxyl groups is 1. The molecule has 1 aliphatic rings. The van der Waals surface area contributed by atoms with Crippen LogP contribution < -0.4 is 15.4 Å². The first-order valence-electron chi connectivity index (χ1n) is 6.80. The lowest BCUT2D eigenvalue weighted by Crippen LogP contribution is -2.27. The highest BCUT2D eigenvalue weighted by molar-refractivity contribution is 6.15. The van der Waals surface area contributed by atoms with Crippen LogP contribution in [-0.4, -0.2) is 53.1 Å². The van der Waals surface area contributed by atoms with Crippen molar-refractivity contribution in [2.24, 2.45) is 4.99 Å². The van der Waals surface area contributed by atoms with Crippen molar-refractivity contribution < 1.29 is 33.6 Å². The molecule has 1 fully saturated rings. The van der Waals surface area contributed by atoms with E-state index in [4.69, 9.17) is 5.11 Å². The topological polar surface area (TPSA) is 123 Å². The van der Waals surface area contributed by atoms with Crippen LogP contribution in [0.3, 0.4) is 0 Å². The van der Waals surface area contributed by atoms with Crippen molar-refractivity contribution in [1.82, 2.24) is 10.6 Å². The van der Waals surface area contributed by atoms with Crippen molar-refractivity contribution in [2.75, 3.05) is 13.2 Å². The van der Waals surface area contributed by atoms with E-state index in [0.717, 1.165) is 12.1 Å². The van der Waals surface area contributed by atoms with Crippen LogP contribution in [0.25, 0.3) is 6.08 Å². The summed E-state index contributed by atoms with van der Waals surface area (Å²) in [4.78, 5) is 15.7. The third-order valence-electron chi connectivity index (χ3n) is 2.91. The van der Waals surface area contributed by atoms with Crippen LogP contribution in [0.1, 0.15) is 5.56 Å². The summed E-state index contributed by atoms with van der Waals surface area (Å²) in [6.07, 6.45) is 0.329. The molecule has 1 atom stereocenters. The molecule has 1 aromatic carbocycles. The average molecular weight is 343 g/mol. The summed E-state index contributed by atoms with van der Waals surface area (Å²) in [5, 5.41) is 32.6. The fourth-order valence-electron chi connectivity index (χ4n) is 1.81. The summed E-state index contributed by atoms with van der Waals surface area (Å²) >= 11 is 0. The van der Waals surface area contributed by atoms with Crippen molar-refractivity contribution in [2.45, 2.75) is 12.7 Å². The standard InChI is InChI=1S/C14H15F2N3O5/c15-13(16)24-11-2-1-7(4-10(11)22)3-9-12(23)19-14(18-9)17-5-8(21)6-20/h1-4,8,13,20-22H,5-6H2,(H2,17,18,19,23)/b9-3-. The third kappa shape index (κ3) is 4.64. The van der Waals surface area contributed by atoms with Gasteiger partial charge < -0.3 is 25.4 Å². The molecule has 0 aromatic heterocycles. The Bertz CT molecular complexity index is 678. The summed E-state index contributed by atoms with van der Waals surface area (Å²) < 4.78 is 28.4. The molecular weight excluding hydrogens is 328 g/mol. The number of aliphatic hydroxyl groups excluding tert-OH is 2. The van der Waals surface area contributed by atoms with Crippen LogP contribution in [0.15, 0.2) is 28.9 Å². The molecular formula is C14H15F2N3O5. The van der Waals surface area contributed by atoms with Crippen molar-refractivity contribution in [1.29, 1.82) is 0 Å². The largest absolute Gasteiger partial charge is 0.504 e. The van der Waals surface area contributed by atoms with Gasteiger partial charge in [0.1, 0.15) is 5.70 Å². The van der Waals surface area contributed by atoms with Crippen LogP contribution >= 0.6 is 0 Å². The number of nitrogens with one attached hydrogen (secondary N) is 2. The van der Waals surface area contributed by atoms with Crippen LogP contribution in [-0.2, 0) is 4.79 Å². The second-order valence-electron chi connectivity index (χ2n) is 4.77. The predicted octanol–water partition coefficient (Wildman–Crippen LogP) is -0.237. The molecule has 0 aliphatic carbocycles. The minimum absolute atomic E-state index is 0.0978. The number of carbonyl (C=O) groups excluding carboxylic acids is 1. The number of halogens is 2. The maximum Gasteiger partial charge on any atom is 0.387 e. The van der Waals surface area contributed by atoms with E-state index < -0.39 is 31.0 Å². The Labute approximate surface area is 135 Å². The smallest absolute Gasteiger partial charge is 0.387 e. The average Bonchev–Trinajstić information content (AvgIpc) is 2.87. The molecule has 1 amide bonds. The number of aliphatic imine (C=N–C) groups is 1. The number of phenols is 1. The fraction of sp³-hybridized carbons (Fsp3) is 0.286. The lowest BCUT2D eigenvalue weighted by Gasteiger charge is -2.07. The zero-order valence-electron chi connectivity index (χ0n) is 12.2. The van der Waals surface area contributed by atoms with Gasteiger partial charge in [-0.15, -0.1) is 0 Å². The molecule has 0 saturated carbocycles. The number of phenolic OH excluding ortho intramolecular Hbond substituents is 1. The van der Waals surface area contributed by atoms with E-state index in [1.54, 1.807) is 0 Å². The fourth-order valence-corrected chi connectivity index (χ4v) is 1.81. The normalized spacial score (nSPS) is 18.8. The molecule has 1 aliphatic heterocycles. The maximum atomic E-state index is 12.1. The maximum absolute atomic E-state index is 12.1. The molecule has 24 heavy (non-hydrogen) atoms. The van der Waals surface area contributed by atoms with E-state index in [0.29, 0.717) is 5.56 Å². The van der Waals surface area contributed by atoms with E-state index in [1.807, 2.05) is 0 Å². The molecule has 1 aromatic rings. The second-order valence-corrected chi connectivity index (χ2v) is 4.77. The zero-order valence-corrected chi connectivity index (χ0v) is 12.2. The number of ether oxygens (including phenoxy) is 1. The van der Waals surface area contributed by atoms with Crippen LogP contribution in [0.2, 0.25) is 0 Å². The molecule has 0 bridgehead atoms. The zero-order chi connectivity index (χ0) is 17.7. The Morgan fingerprint density at radius 3 is 2.71 bits per heavy atom. The molecule has 0 spiro atoms. The minimum atomic E-state index is -3.06. The van der Waals surface area contributed by atoms with Gasteiger partial charge in [0.05, 0.1) is 19.3 Å². The van der Waals surface area contributed by atoms with Gasteiger partial charge in [-0.3, -0.25) is 10.1 Å². The lowest BCUT2D eigenvalue weighted by molar-refractivity contribution is -0.115. The molecule has 2 rings (SSSR count). The third-order valence-corrected chi connectivity index (χ3v) is 2.91. The van der Waals surface area contributed by atoms with Gasteiger partial charge in [-0.05, 0) is 23.8 Å². The van der Waals surface area contributed by atoms with E-state index in [-0.39, 0.29) is 24.0 Å². The molecule has 8 nitrogen and oxygen atoms in total. The van der Waals surface area contributed by atoms with Crippen molar-refractivity contribution >= 4 is 17.9 Å². The molecule has 10 heteroatoms. The van der Waals surface area contributed by atoms with Gasteiger partial charge in [-0.2, -0.15) is 8.78 Å². The van der Waals surface area contributed by atoms with Crippen molar-refractivity contribution in [3.8, 4) is 11.5 Å². The number of aliphatic hydroxyl groups is 2. The van der Waals surface area contributed by atoms with Crippen molar-refractivity contribution in [3.05, 3.63) is 29.5 Å². The van der Waals surface area contributed by atoms with Gasteiger partial charge in [0, 0.05) is 0 Å². The van der Waals surface area contributed by atoms with Gasteiger partial charge in [0.25, 0.3) is 5.91 Å². The molecule has 130 valence electrons. The summed E-state index contributed by atoms with van der Waals surface area (Å²) in [6, 6.07) is 3.68. The molecule has 5 N–H and O–H groups in total. The number of rotatable bonds is 6. The van der Waals surface area contributed by atoms with Crippen molar-refractivity contribution in [3.63, 3.8) is 0 Å². The first kappa shape index (κ1) is 17.6. The first-order valence-corrected chi connectivity index (χ1v) is 6.80. The molecule has 1 saturated heterocycles. The number of benzene rings is 1. The lowest BCUT2D eigenvalue weighted by atomic mass is 10.1. The van der Waals surface area contributed by atoms with Gasteiger partial charge in [0.15, 0.2) is 11.5 Å². The highest BCUT2D eigenvalue weighted by atomic mass is 19.3. The van der Waals surface area contributed by atoms with Crippen LogP contribution in [0, 0.1) is 0 Å². The van der Waals surface area contributed by atoms with E-state index in [2.05, 4.69) is 20.4 Å². The number of nitrogens with zero attached hydrogens (tertiary/aromatic N) is 1. The Balaban J connectivity index is 2.11. The number of hydrogen-bond donors (Lipinski definition) is 5. The van der Waals surface area contributed by atoms with Crippen LogP contribution in [0.4, 0.5) is 8.78 Å². The summed E-state index contributed by atoms with van der Waals surface area (Å²) in [7, 11) is 0. The van der Waals surface area contributed by atoms with E-state index >= 15 is 0 Å². The highest BCUT2D eigenvalue weighted by Gasteiger charge is 2.22. The highest BCUT2D eigenvalue weighted by Crippen LogP contribution is 2.29. The molecule has 0 radical (unpaired) electrons. The Hall–Kier alpha value is -2.72. The quantitative estimate of drug-likeness (QED) is 0.455. The van der Waals surface area contributed by atoms with Gasteiger partial charge in [0.2, 0.25) is 5.96 Å². The number of alkyl halides is 2. The molecule has 1 unspecified atom stereocenters. The number of hydrogen-bond acceptors (Lipinski definition) is 6. The predicted molar refractivity (Wildman–Crippen MR) is 79.4 cm³/mol. The number of guanidine groups is 1. The van der Waals surface area contributed by atoms with Gasteiger partial charge >= 0.3 is 6.61 Å². The number of amides is 1.